The molecule has 1 atom stereocenters. The third-order valence-electron chi connectivity index (χ3n) is 3.14. The molecule has 0 amide bonds. The van der Waals surface area contributed by atoms with E-state index in [4.69, 9.17) is 17.3 Å². The van der Waals surface area contributed by atoms with Crippen LogP contribution in [0.5, 0.6) is 0 Å². The minimum atomic E-state index is 0.0370. The van der Waals surface area contributed by atoms with Crippen molar-refractivity contribution in [1.82, 2.24) is 4.90 Å². The number of hydrogen-bond acceptors (Lipinski definition) is 2. The largest absolute Gasteiger partial charge is 0.324 e. The monoisotopic (exact) mass is 268 g/mol. The number of nitrogens with zero attached hydrogens (tertiary/aromatic N) is 1. The molecule has 18 heavy (non-hydrogen) atoms. The molecule has 1 unspecified atom stereocenters. The molecule has 102 valence electrons. The Balaban J connectivity index is 2.49. The standard InChI is InChI=1S/C15H25ClN2/c1-3-10-18(11-4-2)12-9-15(17)13-7-5-6-8-14(13)16/h5-8,15H,3-4,9-12,17H2,1-2H3. The zero-order chi connectivity index (χ0) is 13.4. The lowest BCUT2D eigenvalue weighted by molar-refractivity contribution is 0.264. The molecule has 0 aliphatic carbocycles. The zero-order valence-corrected chi connectivity index (χ0v) is 12.3. The Labute approximate surface area is 116 Å². The summed E-state index contributed by atoms with van der Waals surface area (Å²) in [6, 6.07) is 7.91. The van der Waals surface area contributed by atoms with Crippen molar-refractivity contribution in [3.05, 3.63) is 34.9 Å². The number of rotatable bonds is 8. The van der Waals surface area contributed by atoms with Gasteiger partial charge in [0.2, 0.25) is 0 Å². The highest BCUT2D eigenvalue weighted by Gasteiger charge is 2.11. The SMILES string of the molecule is CCCN(CCC)CCC(N)c1ccccc1Cl. The molecule has 2 nitrogen and oxygen atoms in total. The molecule has 0 aliphatic rings. The average Bonchev–Trinajstić information content (AvgIpc) is 2.36. The second-order valence-electron chi connectivity index (χ2n) is 4.76. The van der Waals surface area contributed by atoms with Crippen molar-refractivity contribution >= 4 is 11.6 Å². The van der Waals surface area contributed by atoms with E-state index in [1.807, 2.05) is 24.3 Å². The Hall–Kier alpha value is -0.570. The summed E-state index contributed by atoms with van der Waals surface area (Å²) in [5.41, 5.74) is 7.29. The molecule has 0 fully saturated rings. The van der Waals surface area contributed by atoms with E-state index in [0.717, 1.165) is 36.6 Å². The first-order valence-electron chi connectivity index (χ1n) is 6.91. The number of benzene rings is 1. The van der Waals surface area contributed by atoms with Gasteiger partial charge in [-0.3, -0.25) is 0 Å². The summed E-state index contributed by atoms with van der Waals surface area (Å²) in [5, 5.41) is 0.780. The molecule has 0 spiro atoms. The summed E-state index contributed by atoms with van der Waals surface area (Å²) in [4.78, 5) is 2.48. The smallest absolute Gasteiger partial charge is 0.0453 e. The molecule has 0 heterocycles. The van der Waals surface area contributed by atoms with Crippen LogP contribution in [0, 0.1) is 0 Å². The quantitative estimate of drug-likeness (QED) is 0.776. The van der Waals surface area contributed by atoms with Gasteiger partial charge in [-0.25, -0.2) is 0 Å². The Bertz CT molecular complexity index is 335. The van der Waals surface area contributed by atoms with Crippen LogP contribution in [0.3, 0.4) is 0 Å². The van der Waals surface area contributed by atoms with E-state index in [9.17, 15) is 0 Å². The molecule has 1 aromatic rings. The van der Waals surface area contributed by atoms with Gasteiger partial charge in [0.1, 0.15) is 0 Å². The molecular weight excluding hydrogens is 244 g/mol. The van der Waals surface area contributed by atoms with Crippen molar-refractivity contribution in [3.8, 4) is 0 Å². The summed E-state index contributed by atoms with van der Waals surface area (Å²) in [6.45, 7) is 7.80. The molecule has 3 heteroatoms. The van der Waals surface area contributed by atoms with Gasteiger partial charge in [-0.05, 0) is 50.5 Å². The molecule has 2 N–H and O–H groups in total. The van der Waals surface area contributed by atoms with Crippen molar-refractivity contribution in [2.24, 2.45) is 5.73 Å². The highest BCUT2D eigenvalue weighted by Crippen LogP contribution is 2.23. The van der Waals surface area contributed by atoms with E-state index >= 15 is 0 Å². The average molecular weight is 269 g/mol. The van der Waals surface area contributed by atoms with Crippen molar-refractivity contribution in [2.45, 2.75) is 39.2 Å². The lowest BCUT2D eigenvalue weighted by Crippen LogP contribution is -2.29. The van der Waals surface area contributed by atoms with Crippen LogP contribution in [0.2, 0.25) is 5.02 Å². The van der Waals surface area contributed by atoms with Crippen LogP contribution in [0.4, 0.5) is 0 Å². The fraction of sp³-hybridized carbons (Fsp3) is 0.600. The van der Waals surface area contributed by atoms with Gasteiger partial charge in [-0.15, -0.1) is 0 Å². The molecule has 0 aromatic heterocycles. The van der Waals surface area contributed by atoms with E-state index in [0.29, 0.717) is 0 Å². The molecule has 0 saturated carbocycles. The third-order valence-corrected chi connectivity index (χ3v) is 3.48. The fourth-order valence-corrected chi connectivity index (χ4v) is 2.50. The van der Waals surface area contributed by atoms with Crippen molar-refractivity contribution in [2.75, 3.05) is 19.6 Å². The van der Waals surface area contributed by atoms with Gasteiger partial charge in [0.05, 0.1) is 0 Å². The van der Waals surface area contributed by atoms with Crippen LogP contribution in [-0.2, 0) is 0 Å². The van der Waals surface area contributed by atoms with E-state index in [1.165, 1.54) is 12.8 Å². The Kier molecular flexibility index (Phi) is 7.33. The summed E-state index contributed by atoms with van der Waals surface area (Å²) in [7, 11) is 0. The maximum atomic E-state index is 6.23. The van der Waals surface area contributed by atoms with Crippen molar-refractivity contribution < 1.29 is 0 Å². The van der Waals surface area contributed by atoms with Gasteiger partial charge >= 0.3 is 0 Å². The lowest BCUT2D eigenvalue weighted by Gasteiger charge is -2.23. The minimum absolute atomic E-state index is 0.0370. The first-order chi connectivity index (χ1) is 8.69. The van der Waals surface area contributed by atoms with Gasteiger partial charge in [0, 0.05) is 11.1 Å². The second kappa shape index (κ2) is 8.52. The zero-order valence-electron chi connectivity index (χ0n) is 11.5. The molecule has 0 saturated heterocycles. The normalized spacial score (nSPS) is 12.9. The first-order valence-corrected chi connectivity index (χ1v) is 7.29. The van der Waals surface area contributed by atoms with Crippen LogP contribution < -0.4 is 5.73 Å². The van der Waals surface area contributed by atoms with E-state index < -0.39 is 0 Å². The number of hydrogen-bond donors (Lipinski definition) is 1. The lowest BCUT2D eigenvalue weighted by atomic mass is 10.0. The third kappa shape index (κ3) is 4.97. The summed E-state index contributed by atoms with van der Waals surface area (Å²) in [5.74, 6) is 0. The minimum Gasteiger partial charge on any atom is -0.324 e. The highest BCUT2D eigenvalue weighted by molar-refractivity contribution is 6.31. The van der Waals surface area contributed by atoms with Crippen molar-refractivity contribution in [3.63, 3.8) is 0 Å². The topological polar surface area (TPSA) is 29.3 Å². The maximum absolute atomic E-state index is 6.23. The molecule has 1 aromatic carbocycles. The van der Waals surface area contributed by atoms with Gasteiger partial charge in [-0.2, -0.15) is 0 Å². The molecule has 0 bridgehead atoms. The van der Waals surface area contributed by atoms with E-state index in [-0.39, 0.29) is 6.04 Å². The van der Waals surface area contributed by atoms with Crippen LogP contribution in [0.25, 0.3) is 0 Å². The van der Waals surface area contributed by atoms with E-state index in [1.54, 1.807) is 0 Å². The second-order valence-corrected chi connectivity index (χ2v) is 5.17. The van der Waals surface area contributed by atoms with Gasteiger partial charge in [0.25, 0.3) is 0 Å². The first kappa shape index (κ1) is 15.5. The molecule has 1 rings (SSSR count). The predicted molar refractivity (Wildman–Crippen MR) is 80.0 cm³/mol. The molecule has 0 radical (unpaired) electrons. The summed E-state index contributed by atoms with van der Waals surface area (Å²) >= 11 is 6.16. The van der Waals surface area contributed by atoms with Gasteiger partial charge in [-0.1, -0.05) is 43.6 Å². The highest BCUT2D eigenvalue weighted by atomic mass is 35.5. The Morgan fingerprint density at radius 2 is 1.72 bits per heavy atom. The number of halogens is 1. The fourth-order valence-electron chi connectivity index (χ4n) is 2.22. The Morgan fingerprint density at radius 1 is 1.11 bits per heavy atom. The van der Waals surface area contributed by atoms with E-state index in [2.05, 4.69) is 18.7 Å². The van der Waals surface area contributed by atoms with Gasteiger partial charge in [0.15, 0.2) is 0 Å². The number of nitrogens with two attached hydrogens (primary N) is 1. The maximum Gasteiger partial charge on any atom is 0.0453 e. The molecule has 0 aliphatic heterocycles. The van der Waals surface area contributed by atoms with Crippen LogP contribution >= 0.6 is 11.6 Å². The summed E-state index contributed by atoms with van der Waals surface area (Å²) < 4.78 is 0. The predicted octanol–water partition coefficient (Wildman–Crippen LogP) is 3.85. The van der Waals surface area contributed by atoms with Crippen molar-refractivity contribution in [1.29, 1.82) is 0 Å². The van der Waals surface area contributed by atoms with Gasteiger partial charge < -0.3 is 10.6 Å². The summed E-state index contributed by atoms with van der Waals surface area (Å²) in [6.07, 6.45) is 3.35. The molecular formula is C15H25ClN2. The van der Waals surface area contributed by atoms with Crippen LogP contribution in [0.1, 0.15) is 44.7 Å². The van der Waals surface area contributed by atoms with Crippen LogP contribution in [-0.4, -0.2) is 24.5 Å². The Morgan fingerprint density at radius 3 is 2.28 bits per heavy atom. The van der Waals surface area contributed by atoms with Crippen LogP contribution in [0.15, 0.2) is 24.3 Å².